The molecule has 0 bridgehead atoms. The van der Waals surface area contributed by atoms with Gasteiger partial charge in [-0.1, -0.05) is 84.3 Å². The third kappa shape index (κ3) is 12.0. The maximum absolute atomic E-state index is 14.0. The van der Waals surface area contributed by atoms with Gasteiger partial charge >= 0.3 is 0 Å². The number of hydrogen-bond donors (Lipinski definition) is 6. The molecule has 2 fully saturated rings. The summed E-state index contributed by atoms with van der Waals surface area (Å²) < 4.78 is 17.4. The Hall–Kier alpha value is -5.61. The summed E-state index contributed by atoms with van der Waals surface area (Å²) in [6.07, 6.45) is -4.00. The van der Waals surface area contributed by atoms with Crippen LogP contribution < -0.4 is 25.4 Å². The number of hydrogen-bond acceptors (Lipinski definition) is 13. The minimum atomic E-state index is -1.44. The van der Waals surface area contributed by atoms with E-state index in [1.807, 2.05) is 65.0 Å². The molecule has 4 amide bonds. The Morgan fingerprint density at radius 2 is 1.62 bits per heavy atom. The number of nitrogens with zero attached hydrogens (tertiary/aromatic N) is 3. The summed E-state index contributed by atoms with van der Waals surface area (Å²) >= 11 is 7.77. The van der Waals surface area contributed by atoms with Gasteiger partial charge in [-0.25, -0.2) is 4.98 Å². The minimum Gasteiger partial charge on any atom is -0.491 e. The van der Waals surface area contributed by atoms with Crippen LogP contribution in [0.5, 0.6) is 11.5 Å². The number of nitriles is 1. The van der Waals surface area contributed by atoms with E-state index in [1.54, 1.807) is 80.1 Å². The number of aryl methyl sites for hydroxylation is 1. The number of aromatic nitrogens is 1. The van der Waals surface area contributed by atoms with Gasteiger partial charge in [-0.3, -0.25) is 19.2 Å². The molecule has 6 rings (SSSR count). The Kier molecular flexibility index (Phi) is 16.3. The number of likely N-dealkylation sites (tertiary alicyclic amines) is 1. The maximum Gasteiger partial charge on any atom is 0.251 e. The van der Waals surface area contributed by atoms with Gasteiger partial charge in [0.25, 0.3) is 5.91 Å². The Balaban J connectivity index is 0.930. The van der Waals surface area contributed by atoms with Crippen LogP contribution in [0.25, 0.3) is 10.4 Å². The van der Waals surface area contributed by atoms with E-state index in [0.717, 1.165) is 21.7 Å². The monoisotopic (exact) mass is 972 g/mol. The van der Waals surface area contributed by atoms with Crippen molar-refractivity contribution in [2.45, 2.75) is 111 Å². The molecule has 2 aliphatic rings. The fraction of sp³-hybridized carbons (Fsp3) is 0.480. The Morgan fingerprint density at radius 1 is 0.971 bits per heavy atom. The predicted octanol–water partition coefficient (Wildman–Crippen LogP) is 5.18. The van der Waals surface area contributed by atoms with Gasteiger partial charge in [-0.15, -0.1) is 11.3 Å². The van der Waals surface area contributed by atoms with Crippen molar-refractivity contribution >= 4 is 46.6 Å². The molecule has 18 heteroatoms. The number of halogens is 1. The average molecular weight is 974 g/mol. The van der Waals surface area contributed by atoms with Gasteiger partial charge in [-0.05, 0) is 59.9 Å². The zero-order chi connectivity index (χ0) is 49.7. The molecule has 6 N–H and O–H groups in total. The molecule has 364 valence electrons. The zero-order valence-electron chi connectivity index (χ0n) is 39.5. The Morgan fingerprint density at radius 3 is 2.22 bits per heavy atom. The number of amides is 4. The molecule has 0 radical (unpaired) electrons. The number of nitrogens with one attached hydrogen (secondary N) is 3. The highest BCUT2D eigenvalue weighted by atomic mass is 35.5. The van der Waals surface area contributed by atoms with Gasteiger partial charge in [0.05, 0.1) is 39.4 Å². The molecule has 3 aromatic carbocycles. The van der Waals surface area contributed by atoms with Crippen molar-refractivity contribution in [1.29, 1.82) is 5.26 Å². The molecular weight excluding hydrogens is 912 g/mol. The molecule has 1 aromatic heterocycles. The second kappa shape index (κ2) is 21.4. The van der Waals surface area contributed by atoms with E-state index in [0.29, 0.717) is 27.6 Å². The molecule has 16 nitrogen and oxygen atoms in total. The van der Waals surface area contributed by atoms with Crippen LogP contribution in [-0.4, -0.2) is 118 Å². The first-order chi connectivity index (χ1) is 32.0. The van der Waals surface area contributed by atoms with Crippen molar-refractivity contribution in [2.75, 3.05) is 26.4 Å². The lowest BCUT2D eigenvalue weighted by atomic mass is 9.49. The standard InChI is InChI=1S/C50H61ClN6O10S/c1-28-41(68-27-54-28)30-11-9-29(10-12-30)22-53-44(63)37-19-33(58)23-57(37)45(64)42(48(2,3)4)55-40(61)26-65-24-38(59)39(60)25-66-34-16-13-31(14-17-34)43(62)56-46-49(5,6)47(50(46,7)8)67-35-18-15-32(21-52)36(51)20-35/h9-18,20,27,33,37-39,42,46-47,58-60H,19,22-26H2,1-8H3,(H,53,63)(H,55,61)(H,56,62)/t33-,37+,38-,39-,42-,46-,47-/m1/s1. The van der Waals surface area contributed by atoms with Crippen molar-refractivity contribution in [2.24, 2.45) is 16.2 Å². The van der Waals surface area contributed by atoms with Crippen LogP contribution in [0.15, 0.2) is 72.2 Å². The van der Waals surface area contributed by atoms with Gasteiger partial charge in [0, 0.05) is 48.0 Å². The van der Waals surface area contributed by atoms with E-state index in [4.69, 9.17) is 25.8 Å². The lowest BCUT2D eigenvalue weighted by molar-refractivity contribution is -0.164. The molecule has 1 aliphatic heterocycles. The fourth-order valence-electron chi connectivity index (χ4n) is 9.17. The van der Waals surface area contributed by atoms with E-state index >= 15 is 0 Å². The highest BCUT2D eigenvalue weighted by molar-refractivity contribution is 7.13. The minimum absolute atomic E-state index is 0.0391. The second-order valence-electron chi connectivity index (χ2n) is 19.7. The summed E-state index contributed by atoms with van der Waals surface area (Å²) in [7, 11) is 0. The van der Waals surface area contributed by atoms with Crippen molar-refractivity contribution in [3.05, 3.63) is 99.6 Å². The van der Waals surface area contributed by atoms with E-state index < -0.39 is 77.6 Å². The van der Waals surface area contributed by atoms with Crippen LogP contribution in [0.4, 0.5) is 0 Å². The Labute approximate surface area is 406 Å². The van der Waals surface area contributed by atoms with Crippen LogP contribution in [-0.2, 0) is 25.7 Å². The molecule has 2 heterocycles. The van der Waals surface area contributed by atoms with E-state index in [2.05, 4.69) is 20.9 Å². The zero-order valence-corrected chi connectivity index (χ0v) is 41.1. The van der Waals surface area contributed by atoms with Gasteiger partial charge in [0.1, 0.15) is 61.2 Å². The lowest BCUT2D eigenvalue weighted by Crippen LogP contribution is -2.74. The first-order valence-corrected chi connectivity index (χ1v) is 23.7. The van der Waals surface area contributed by atoms with Crippen LogP contribution >= 0.6 is 22.9 Å². The Bertz CT molecular complexity index is 2470. The molecule has 1 aliphatic carbocycles. The number of thiazole rings is 1. The largest absolute Gasteiger partial charge is 0.491 e. The second-order valence-corrected chi connectivity index (χ2v) is 21.0. The third-order valence-electron chi connectivity index (χ3n) is 12.6. The number of β-amino-alcohol motifs (C(OH)–C–C–N with tert-alkyl or cyclic N) is 1. The molecule has 68 heavy (non-hydrogen) atoms. The van der Waals surface area contributed by atoms with Crippen molar-refractivity contribution < 1.29 is 48.7 Å². The SMILES string of the molecule is Cc1ncsc1-c1ccc(CNC(=O)[C@@H]2C[C@@H](O)CN2C(=O)[C@@H](NC(=O)COC[C@@H](O)[C@H](O)COc2ccc(C(=O)N[C@H]3C(C)(C)[C@H](Oc4ccc(C#N)c(Cl)c4)C3(C)C)cc2)C(C)(C)C)cc1. The van der Waals surface area contributed by atoms with Crippen molar-refractivity contribution in [3.8, 4) is 28.0 Å². The van der Waals surface area contributed by atoms with Gasteiger partial charge < -0.3 is 50.4 Å². The lowest BCUT2D eigenvalue weighted by Gasteiger charge is -2.63. The maximum atomic E-state index is 14.0. The number of carbonyl (C=O) groups excluding carboxylic acids is 4. The fourth-order valence-corrected chi connectivity index (χ4v) is 10.2. The van der Waals surface area contributed by atoms with Crippen molar-refractivity contribution in [1.82, 2.24) is 25.8 Å². The van der Waals surface area contributed by atoms with E-state index in [1.165, 1.54) is 4.90 Å². The number of aliphatic hydroxyl groups excluding tert-OH is 3. The van der Waals surface area contributed by atoms with Crippen LogP contribution in [0, 0.1) is 34.5 Å². The highest BCUT2D eigenvalue weighted by Gasteiger charge is 2.64. The number of ether oxygens (including phenoxy) is 3. The summed E-state index contributed by atoms with van der Waals surface area (Å²) in [6, 6.07) is 18.7. The number of aliphatic hydroxyl groups is 3. The molecule has 4 aromatic rings. The summed E-state index contributed by atoms with van der Waals surface area (Å²) in [5, 5.41) is 50.0. The number of benzene rings is 3. The van der Waals surface area contributed by atoms with Gasteiger partial charge in [0.15, 0.2) is 0 Å². The van der Waals surface area contributed by atoms with Crippen molar-refractivity contribution in [3.63, 3.8) is 0 Å². The van der Waals surface area contributed by atoms with E-state index in [9.17, 15) is 39.8 Å². The summed E-state index contributed by atoms with van der Waals surface area (Å²) in [5.41, 5.74) is 3.64. The average Bonchev–Trinajstić information content (AvgIpc) is 3.91. The van der Waals surface area contributed by atoms with Gasteiger partial charge in [-0.2, -0.15) is 5.26 Å². The first-order valence-electron chi connectivity index (χ1n) is 22.4. The van der Waals surface area contributed by atoms with Crippen LogP contribution in [0.1, 0.15) is 82.1 Å². The molecule has 0 spiro atoms. The number of rotatable bonds is 18. The van der Waals surface area contributed by atoms with Gasteiger partial charge in [0.2, 0.25) is 17.7 Å². The first kappa shape index (κ1) is 51.8. The van der Waals surface area contributed by atoms with Crippen LogP contribution in [0.2, 0.25) is 5.02 Å². The molecule has 5 atom stereocenters. The smallest absolute Gasteiger partial charge is 0.251 e. The molecule has 1 saturated heterocycles. The van der Waals surface area contributed by atoms with E-state index in [-0.39, 0.29) is 44.2 Å². The quantitative estimate of drug-likeness (QED) is 0.0758. The van der Waals surface area contributed by atoms with Crippen LogP contribution in [0.3, 0.4) is 0 Å². The summed E-state index contributed by atoms with van der Waals surface area (Å²) in [4.78, 5) is 60.6. The molecule has 0 unspecified atom stereocenters. The molecular formula is C50H61ClN6O10S. The highest BCUT2D eigenvalue weighted by Crippen LogP contribution is 2.55. The topological polar surface area (TPSA) is 233 Å². The predicted molar refractivity (Wildman–Crippen MR) is 256 cm³/mol. The summed E-state index contributed by atoms with van der Waals surface area (Å²) in [5.74, 6) is -1.05. The third-order valence-corrected chi connectivity index (χ3v) is 13.9. The summed E-state index contributed by atoms with van der Waals surface area (Å²) in [6.45, 7) is 14.1. The molecule has 1 saturated carbocycles. The normalized spacial score (nSPS) is 20.8. The number of carbonyl (C=O) groups is 4.